The standard InChI is InChI=1S/C16H17N5OS/c1-11-8-15(22)21-16(18-11)23-14(19-21)10-20-7-6-17-9-12-4-2-3-5-13(12)20/h2-5,8,17H,6-7,9-10H2,1H3. The van der Waals surface area contributed by atoms with Gasteiger partial charge in [-0.1, -0.05) is 29.5 Å². The summed E-state index contributed by atoms with van der Waals surface area (Å²) >= 11 is 1.48. The summed E-state index contributed by atoms with van der Waals surface area (Å²) < 4.78 is 1.40. The molecule has 0 saturated heterocycles. The number of benzene rings is 1. The first-order chi connectivity index (χ1) is 11.2. The topological polar surface area (TPSA) is 62.5 Å². The van der Waals surface area contributed by atoms with Crippen molar-refractivity contribution in [3.8, 4) is 0 Å². The molecule has 3 heterocycles. The van der Waals surface area contributed by atoms with E-state index >= 15 is 0 Å². The number of para-hydroxylation sites is 1. The number of aromatic nitrogens is 3. The molecule has 0 radical (unpaired) electrons. The van der Waals surface area contributed by atoms with E-state index in [0.717, 1.165) is 30.3 Å². The predicted molar refractivity (Wildman–Crippen MR) is 91.1 cm³/mol. The molecule has 0 spiro atoms. The van der Waals surface area contributed by atoms with Crippen molar-refractivity contribution in [3.05, 3.63) is 57.0 Å². The minimum absolute atomic E-state index is 0.118. The fourth-order valence-corrected chi connectivity index (χ4v) is 3.84. The van der Waals surface area contributed by atoms with Crippen molar-refractivity contribution in [2.75, 3.05) is 18.0 Å². The van der Waals surface area contributed by atoms with Gasteiger partial charge < -0.3 is 10.2 Å². The van der Waals surface area contributed by atoms with Crippen molar-refractivity contribution in [1.29, 1.82) is 0 Å². The quantitative estimate of drug-likeness (QED) is 0.774. The summed E-state index contributed by atoms with van der Waals surface area (Å²) in [6, 6.07) is 9.93. The average molecular weight is 327 g/mol. The third-order valence-corrected chi connectivity index (χ3v) is 4.84. The lowest BCUT2D eigenvalue weighted by molar-refractivity contribution is 0.684. The molecule has 2 aromatic heterocycles. The van der Waals surface area contributed by atoms with Gasteiger partial charge in [-0.25, -0.2) is 4.98 Å². The van der Waals surface area contributed by atoms with Gasteiger partial charge in [0.1, 0.15) is 5.01 Å². The van der Waals surface area contributed by atoms with Crippen molar-refractivity contribution in [2.45, 2.75) is 20.0 Å². The lowest BCUT2D eigenvalue weighted by atomic mass is 10.1. The lowest BCUT2D eigenvalue weighted by Crippen LogP contribution is -2.28. The highest BCUT2D eigenvalue weighted by molar-refractivity contribution is 7.16. The van der Waals surface area contributed by atoms with Gasteiger partial charge in [0, 0.05) is 37.1 Å². The van der Waals surface area contributed by atoms with Crippen molar-refractivity contribution in [3.63, 3.8) is 0 Å². The summed E-state index contributed by atoms with van der Waals surface area (Å²) in [7, 11) is 0. The van der Waals surface area contributed by atoms with Crippen molar-refractivity contribution in [1.82, 2.24) is 19.9 Å². The summed E-state index contributed by atoms with van der Waals surface area (Å²) in [4.78, 5) is 19.4. The Hall–Kier alpha value is -2.25. The second-order valence-corrected chi connectivity index (χ2v) is 6.69. The highest BCUT2D eigenvalue weighted by Crippen LogP contribution is 2.24. The maximum absolute atomic E-state index is 12.0. The van der Waals surface area contributed by atoms with Crippen LogP contribution in [0.1, 0.15) is 16.3 Å². The van der Waals surface area contributed by atoms with Gasteiger partial charge in [-0.05, 0) is 18.6 Å². The maximum atomic E-state index is 12.0. The van der Waals surface area contributed by atoms with E-state index in [1.54, 1.807) is 0 Å². The third-order valence-electron chi connectivity index (χ3n) is 3.95. The van der Waals surface area contributed by atoms with Crippen LogP contribution in [-0.2, 0) is 13.1 Å². The Morgan fingerprint density at radius 3 is 3.13 bits per heavy atom. The molecule has 1 aromatic carbocycles. The molecule has 7 heteroatoms. The number of aryl methyl sites for hydroxylation is 1. The fourth-order valence-electron chi connectivity index (χ4n) is 2.88. The lowest BCUT2D eigenvalue weighted by Gasteiger charge is -2.23. The zero-order valence-electron chi connectivity index (χ0n) is 12.8. The molecule has 0 aliphatic carbocycles. The van der Waals surface area contributed by atoms with Gasteiger partial charge in [0.05, 0.1) is 6.54 Å². The predicted octanol–water partition coefficient (Wildman–Crippen LogP) is 1.57. The van der Waals surface area contributed by atoms with Crippen LogP contribution in [0, 0.1) is 6.92 Å². The Balaban J connectivity index is 1.70. The molecular weight excluding hydrogens is 310 g/mol. The summed E-state index contributed by atoms with van der Waals surface area (Å²) in [5.74, 6) is 0. The fraction of sp³-hybridized carbons (Fsp3) is 0.312. The molecule has 1 aliphatic rings. The third kappa shape index (κ3) is 2.73. The van der Waals surface area contributed by atoms with Crippen LogP contribution in [0.4, 0.5) is 5.69 Å². The smallest absolute Gasteiger partial charge is 0.275 e. The van der Waals surface area contributed by atoms with Crippen LogP contribution >= 0.6 is 11.3 Å². The molecule has 0 bridgehead atoms. The van der Waals surface area contributed by atoms with E-state index in [9.17, 15) is 4.79 Å². The highest BCUT2D eigenvalue weighted by atomic mass is 32.1. The molecule has 6 nitrogen and oxygen atoms in total. The summed E-state index contributed by atoms with van der Waals surface area (Å²) in [6.07, 6.45) is 0. The van der Waals surface area contributed by atoms with E-state index in [1.165, 1.54) is 33.2 Å². The molecule has 23 heavy (non-hydrogen) atoms. The second kappa shape index (κ2) is 5.75. The first kappa shape index (κ1) is 14.3. The first-order valence-electron chi connectivity index (χ1n) is 7.61. The molecule has 0 fully saturated rings. The molecule has 4 rings (SSSR count). The number of hydrogen-bond donors (Lipinski definition) is 1. The van der Waals surface area contributed by atoms with Crippen molar-refractivity contribution in [2.24, 2.45) is 0 Å². The van der Waals surface area contributed by atoms with Crippen LogP contribution in [0.25, 0.3) is 4.96 Å². The Bertz CT molecular complexity index is 916. The monoisotopic (exact) mass is 327 g/mol. The molecule has 0 atom stereocenters. The number of anilines is 1. The van der Waals surface area contributed by atoms with Gasteiger partial charge in [-0.3, -0.25) is 4.79 Å². The van der Waals surface area contributed by atoms with Crippen LogP contribution in [-0.4, -0.2) is 27.7 Å². The minimum atomic E-state index is -0.118. The largest absolute Gasteiger partial charge is 0.363 e. The highest BCUT2D eigenvalue weighted by Gasteiger charge is 2.17. The molecule has 0 saturated carbocycles. The molecule has 3 aromatic rings. The maximum Gasteiger partial charge on any atom is 0.275 e. The van der Waals surface area contributed by atoms with Gasteiger partial charge >= 0.3 is 0 Å². The van der Waals surface area contributed by atoms with Crippen LogP contribution < -0.4 is 15.8 Å². The van der Waals surface area contributed by atoms with Gasteiger partial charge in [-0.15, -0.1) is 0 Å². The Labute approximate surface area is 137 Å². The molecular formula is C16H17N5OS. The Kier molecular flexibility index (Phi) is 3.59. The zero-order valence-corrected chi connectivity index (χ0v) is 13.6. The Morgan fingerprint density at radius 1 is 1.35 bits per heavy atom. The van der Waals surface area contributed by atoms with Gasteiger partial charge in [-0.2, -0.15) is 9.61 Å². The van der Waals surface area contributed by atoms with Gasteiger partial charge in [0.15, 0.2) is 0 Å². The molecule has 0 unspecified atom stereocenters. The normalized spacial score (nSPS) is 14.7. The molecule has 0 amide bonds. The summed E-state index contributed by atoms with van der Waals surface area (Å²) in [6.45, 7) is 5.24. The number of hydrogen-bond acceptors (Lipinski definition) is 6. The molecule has 118 valence electrons. The van der Waals surface area contributed by atoms with E-state index < -0.39 is 0 Å². The van der Waals surface area contributed by atoms with E-state index in [4.69, 9.17) is 0 Å². The van der Waals surface area contributed by atoms with Gasteiger partial charge in [0.2, 0.25) is 4.96 Å². The number of nitrogens with one attached hydrogen (secondary N) is 1. The van der Waals surface area contributed by atoms with Crippen LogP contribution in [0.5, 0.6) is 0 Å². The van der Waals surface area contributed by atoms with E-state index in [-0.39, 0.29) is 5.56 Å². The second-order valence-electron chi connectivity index (χ2n) is 5.65. The zero-order chi connectivity index (χ0) is 15.8. The van der Waals surface area contributed by atoms with Gasteiger partial charge in [0.25, 0.3) is 5.56 Å². The Morgan fingerprint density at radius 2 is 2.22 bits per heavy atom. The minimum Gasteiger partial charge on any atom is -0.363 e. The molecule has 1 aliphatic heterocycles. The van der Waals surface area contributed by atoms with Crippen LogP contribution in [0.3, 0.4) is 0 Å². The number of fused-ring (bicyclic) bond motifs is 2. The van der Waals surface area contributed by atoms with Crippen molar-refractivity contribution < 1.29 is 0 Å². The molecule has 1 N–H and O–H groups in total. The van der Waals surface area contributed by atoms with Crippen LogP contribution in [0.15, 0.2) is 35.1 Å². The number of nitrogens with zero attached hydrogens (tertiary/aromatic N) is 4. The van der Waals surface area contributed by atoms with E-state index in [2.05, 4.69) is 44.6 Å². The number of rotatable bonds is 2. The average Bonchev–Trinajstić information content (AvgIpc) is 2.82. The van der Waals surface area contributed by atoms with E-state index in [0.29, 0.717) is 11.5 Å². The summed E-state index contributed by atoms with van der Waals surface area (Å²) in [5, 5.41) is 8.79. The van der Waals surface area contributed by atoms with Crippen molar-refractivity contribution >= 4 is 22.0 Å². The van der Waals surface area contributed by atoms with E-state index in [1.807, 2.05) is 6.92 Å². The summed E-state index contributed by atoms with van der Waals surface area (Å²) in [5.41, 5.74) is 3.13. The van der Waals surface area contributed by atoms with Crippen LogP contribution in [0.2, 0.25) is 0 Å². The first-order valence-corrected chi connectivity index (χ1v) is 8.42. The SMILES string of the molecule is Cc1cc(=O)n2nc(CN3CCNCc4ccccc43)sc2n1.